The SMILES string of the molecule is Fc1cc2c3c(c1)-n1c4ccccc4n4c5cc6ccccc6cc5c(c14)B3c1cccc3c1n-2c1cc2cc4ccccc4cc2n31. The van der Waals surface area contributed by atoms with E-state index in [0.717, 1.165) is 55.7 Å². The van der Waals surface area contributed by atoms with Crippen molar-refractivity contribution in [3.05, 3.63) is 139 Å². The average molecular weight is 612 g/mol. The summed E-state index contributed by atoms with van der Waals surface area (Å²) in [6, 6.07) is 47.5. The summed E-state index contributed by atoms with van der Waals surface area (Å²) in [4.78, 5) is 0. The third-order valence-corrected chi connectivity index (χ3v) is 11.3. The van der Waals surface area contributed by atoms with Crippen molar-refractivity contribution in [2.75, 3.05) is 0 Å². The molecule has 6 heteroatoms. The van der Waals surface area contributed by atoms with Gasteiger partial charge in [-0.2, -0.15) is 0 Å². The van der Waals surface area contributed by atoms with Gasteiger partial charge in [0, 0.05) is 16.8 Å². The Morgan fingerprint density at radius 3 is 1.90 bits per heavy atom. The van der Waals surface area contributed by atoms with Crippen LogP contribution in [0.3, 0.4) is 0 Å². The first-order chi connectivity index (χ1) is 23.7. The molecule has 220 valence electrons. The van der Waals surface area contributed by atoms with Gasteiger partial charge in [0.25, 0.3) is 6.71 Å². The molecule has 0 saturated carbocycles. The zero-order chi connectivity index (χ0) is 31.0. The quantitative estimate of drug-likeness (QED) is 0.155. The Balaban J connectivity index is 1.28. The van der Waals surface area contributed by atoms with Crippen LogP contribution in [0.5, 0.6) is 0 Å². The van der Waals surface area contributed by atoms with Gasteiger partial charge in [-0.25, -0.2) is 4.39 Å². The monoisotopic (exact) mass is 612 g/mol. The van der Waals surface area contributed by atoms with Gasteiger partial charge in [-0.1, -0.05) is 72.8 Å². The predicted octanol–water partition coefficient (Wildman–Crippen LogP) is 7.97. The molecule has 0 fully saturated rings. The van der Waals surface area contributed by atoms with Crippen molar-refractivity contribution in [3.63, 3.8) is 0 Å². The van der Waals surface area contributed by atoms with E-state index in [-0.39, 0.29) is 12.5 Å². The molecule has 4 nitrogen and oxygen atoms in total. The van der Waals surface area contributed by atoms with E-state index in [1.165, 1.54) is 48.8 Å². The van der Waals surface area contributed by atoms with Gasteiger partial charge in [0.15, 0.2) is 0 Å². The summed E-state index contributed by atoms with van der Waals surface area (Å²) in [6.45, 7) is -0.0658. The summed E-state index contributed by atoms with van der Waals surface area (Å²) in [5.74, 6) is -0.232. The van der Waals surface area contributed by atoms with Gasteiger partial charge in [0.2, 0.25) is 0 Å². The number of hydrogen-bond donors (Lipinski definition) is 0. The van der Waals surface area contributed by atoms with E-state index in [1.54, 1.807) is 12.1 Å². The summed E-state index contributed by atoms with van der Waals surface area (Å²) < 4.78 is 25.6. The van der Waals surface area contributed by atoms with Crippen molar-refractivity contribution in [1.82, 2.24) is 17.9 Å². The fourth-order valence-corrected chi connectivity index (χ4v) is 9.51. The lowest BCUT2D eigenvalue weighted by Gasteiger charge is -2.32. The average Bonchev–Trinajstić information content (AvgIpc) is 3.83. The van der Waals surface area contributed by atoms with Crippen LogP contribution >= 0.6 is 0 Å². The highest BCUT2D eigenvalue weighted by molar-refractivity contribution is 7.01. The molecule has 0 aliphatic carbocycles. The minimum absolute atomic E-state index is 0.0658. The molecule has 0 amide bonds. The second kappa shape index (κ2) is 7.81. The minimum atomic E-state index is -0.232. The summed E-state index contributed by atoms with van der Waals surface area (Å²) in [6.07, 6.45) is 0. The number of imidazole rings is 2. The summed E-state index contributed by atoms with van der Waals surface area (Å²) >= 11 is 0. The van der Waals surface area contributed by atoms with Crippen LogP contribution in [0.25, 0.3) is 88.1 Å². The van der Waals surface area contributed by atoms with Crippen molar-refractivity contribution in [2.45, 2.75) is 0 Å². The fraction of sp³-hybridized carbons (Fsp3) is 0. The Hall–Kier alpha value is -6.27. The van der Waals surface area contributed by atoms with Crippen LogP contribution in [0.4, 0.5) is 4.39 Å². The third kappa shape index (κ3) is 2.56. The zero-order valence-corrected chi connectivity index (χ0v) is 25.4. The number of benzene rings is 7. The van der Waals surface area contributed by atoms with E-state index in [2.05, 4.69) is 139 Å². The largest absolute Gasteiger partial charge is 0.295 e. The van der Waals surface area contributed by atoms with Crippen molar-refractivity contribution in [1.29, 1.82) is 0 Å². The normalized spacial score (nSPS) is 13.5. The number of fused-ring (bicyclic) bond motifs is 17. The van der Waals surface area contributed by atoms with Gasteiger partial charge in [0.1, 0.15) is 17.1 Å². The second-order valence-electron chi connectivity index (χ2n) is 13.6. The van der Waals surface area contributed by atoms with E-state index in [9.17, 15) is 0 Å². The molecule has 0 atom stereocenters. The van der Waals surface area contributed by atoms with Crippen LogP contribution < -0.4 is 16.4 Å². The molecule has 0 spiro atoms. The van der Waals surface area contributed by atoms with E-state index in [1.807, 2.05) is 0 Å². The molecule has 13 rings (SSSR count). The molecule has 4 aromatic heterocycles. The Bertz CT molecular complexity index is 3320. The van der Waals surface area contributed by atoms with Gasteiger partial charge >= 0.3 is 0 Å². The molecule has 0 radical (unpaired) electrons. The van der Waals surface area contributed by atoms with Crippen LogP contribution in [0.1, 0.15) is 0 Å². The molecule has 0 N–H and O–H groups in total. The van der Waals surface area contributed by atoms with Crippen LogP contribution in [-0.4, -0.2) is 24.6 Å². The van der Waals surface area contributed by atoms with Gasteiger partial charge in [-0.3, -0.25) is 17.9 Å². The summed E-state index contributed by atoms with van der Waals surface area (Å²) in [7, 11) is 0. The van der Waals surface area contributed by atoms with Gasteiger partial charge in [-0.05, 0) is 104 Å². The van der Waals surface area contributed by atoms with Gasteiger partial charge < -0.3 is 0 Å². The number of nitrogens with zero attached hydrogens (tertiary/aromatic N) is 4. The fourth-order valence-electron chi connectivity index (χ4n) is 9.51. The lowest BCUT2D eigenvalue weighted by atomic mass is 9.34. The molecule has 2 aliphatic rings. The third-order valence-electron chi connectivity index (χ3n) is 11.3. The van der Waals surface area contributed by atoms with Crippen molar-refractivity contribution in [2.24, 2.45) is 0 Å². The van der Waals surface area contributed by atoms with Crippen molar-refractivity contribution in [3.8, 4) is 11.4 Å². The van der Waals surface area contributed by atoms with Crippen LogP contribution in [0.15, 0.2) is 133 Å². The van der Waals surface area contributed by atoms with Crippen LogP contribution in [0.2, 0.25) is 0 Å². The standard InChI is InChI=1S/C42H22BFN4/c44-28-21-36-40-37(22-28)48-38-20-27-16-23-8-1-3-10-25(23)18-34(27)45(38)33-15-7-12-30(41(33)48)43(40)39-29-17-24-9-2-4-11-26(24)19-35(29)46-31-13-5-6-14-32(31)47(36)42(39)46/h1-22H. The lowest BCUT2D eigenvalue weighted by molar-refractivity contribution is 0.626. The molecule has 0 bridgehead atoms. The second-order valence-corrected chi connectivity index (χ2v) is 13.6. The molecular weight excluding hydrogens is 590 g/mol. The van der Waals surface area contributed by atoms with Crippen LogP contribution in [0, 0.1) is 5.82 Å². The van der Waals surface area contributed by atoms with Gasteiger partial charge in [-0.15, -0.1) is 0 Å². The van der Waals surface area contributed by atoms with E-state index in [0.29, 0.717) is 0 Å². The first kappa shape index (κ1) is 24.0. The minimum Gasteiger partial charge on any atom is -0.295 e. The van der Waals surface area contributed by atoms with Crippen LogP contribution in [-0.2, 0) is 0 Å². The zero-order valence-electron chi connectivity index (χ0n) is 25.4. The molecule has 0 saturated heterocycles. The Labute approximate surface area is 272 Å². The molecule has 7 aromatic carbocycles. The highest BCUT2D eigenvalue weighted by atomic mass is 19.1. The molecule has 6 heterocycles. The maximum absolute atomic E-state index is 16.2. The lowest BCUT2D eigenvalue weighted by Crippen LogP contribution is -2.59. The molecule has 2 aliphatic heterocycles. The topological polar surface area (TPSA) is 18.7 Å². The van der Waals surface area contributed by atoms with E-state index < -0.39 is 0 Å². The maximum atomic E-state index is 16.2. The highest BCUT2D eigenvalue weighted by Gasteiger charge is 2.43. The Morgan fingerprint density at radius 1 is 0.458 bits per heavy atom. The van der Waals surface area contributed by atoms with Gasteiger partial charge in [0.05, 0.1) is 33.1 Å². The molecule has 11 aromatic rings. The van der Waals surface area contributed by atoms with Crippen molar-refractivity contribution < 1.29 is 4.39 Å². The molecule has 0 unspecified atom stereocenters. The number of rotatable bonds is 0. The first-order valence-electron chi connectivity index (χ1n) is 16.5. The molecule has 48 heavy (non-hydrogen) atoms. The first-order valence-corrected chi connectivity index (χ1v) is 16.5. The van der Waals surface area contributed by atoms with E-state index in [4.69, 9.17) is 0 Å². The van der Waals surface area contributed by atoms with E-state index >= 15 is 4.39 Å². The Kier molecular flexibility index (Phi) is 3.90. The number of para-hydroxylation sites is 3. The molecular formula is C42H22BFN4. The van der Waals surface area contributed by atoms with Crippen molar-refractivity contribution >= 4 is 99.8 Å². The summed E-state index contributed by atoms with van der Waals surface area (Å²) in [5, 5.41) is 7.29. The number of hydrogen-bond acceptors (Lipinski definition) is 0. The summed E-state index contributed by atoms with van der Waals surface area (Å²) in [5.41, 5.74) is 14.5. The Morgan fingerprint density at radius 2 is 1.10 bits per heavy atom. The smallest absolute Gasteiger partial charge is 0.255 e. The number of aromatic nitrogens is 4. The number of halogens is 1. The predicted molar refractivity (Wildman–Crippen MR) is 197 cm³/mol. The maximum Gasteiger partial charge on any atom is 0.255 e. The highest BCUT2D eigenvalue weighted by Crippen LogP contribution is 2.40.